The third-order valence-corrected chi connectivity index (χ3v) is 4.33. The first-order valence-corrected chi connectivity index (χ1v) is 9.55. The zero-order chi connectivity index (χ0) is 20.8. The first-order valence-electron chi connectivity index (χ1n) is 9.17. The summed E-state index contributed by atoms with van der Waals surface area (Å²) in [4.78, 5) is 25.1. The summed E-state index contributed by atoms with van der Waals surface area (Å²) in [7, 11) is 0. The SMILES string of the molecule is CC(C)NC(=O)/C(=C/c1ccc(-c2ccccc2Cl)o1)NC(=O)c1ccccc1. The first-order chi connectivity index (χ1) is 13.9. The summed E-state index contributed by atoms with van der Waals surface area (Å²) < 4.78 is 5.83. The van der Waals surface area contributed by atoms with Gasteiger partial charge in [-0.3, -0.25) is 9.59 Å². The van der Waals surface area contributed by atoms with Crippen LogP contribution in [-0.4, -0.2) is 17.9 Å². The Balaban J connectivity index is 1.89. The molecule has 0 spiro atoms. The minimum Gasteiger partial charge on any atom is -0.457 e. The van der Waals surface area contributed by atoms with Crippen molar-refractivity contribution in [3.8, 4) is 11.3 Å². The van der Waals surface area contributed by atoms with Crippen molar-refractivity contribution < 1.29 is 14.0 Å². The third kappa shape index (κ3) is 5.36. The van der Waals surface area contributed by atoms with E-state index in [0.717, 1.165) is 5.56 Å². The van der Waals surface area contributed by atoms with E-state index in [4.69, 9.17) is 16.0 Å². The molecule has 0 aliphatic rings. The molecule has 0 saturated carbocycles. The van der Waals surface area contributed by atoms with Crippen molar-refractivity contribution in [3.05, 3.63) is 88.8 Å². The number of hydrogen-bond donors (Lipinski definition) is 2. The Hall–Kier alpha value is -3.31. The molecule has 2 aromatic carbocycles. The molecule has 3 rings (SSSR count). The summed E-state index contributed by atoms with van der Waals surface area (Å²) in [5, 5.41) is 6.02. The Kier molecular flexibility index (Phi) is 6.52. The number of carbonyl (C=O) groups is 2. The van der Waals surface area contributed by atoms with Gasteiger partial charge >= 0.3 is 0 Å². The minimum absolute atomic E-state index is 0.0881. The van der Waals surface area contributed by atoms with Gasteiger partial charge in [0.05, 0.1) is 5.02 Å². The molecule has 3 aromatic rings. The number of rotatable bonds is 6. The third-order valence-electron chi connectivity index (χ3n) is 4.00. The maximum Gasteiger partial charge on any atom is 0.268 e. The van der Waals surface area contributed by atoms with Crippen LogP contribution in [0.2, 0.25) is 5.02 Å². The molecule has 0 saturated heterocycles. The molecular weight excluding hydrogens is 388 g/mol. The van der Waals surface area contributed by atoms with Crippen LogP contribution in [0.1, 0.15) is 30.0 Å². The fraction of sp³-hybridized carbons (Fsp3) is 0.130. The van der Waals surface area contributed by atoms with Crippen LogP contribution in [0.15, 0.2) is 76.8 Å². The first kappa shape index (κ1) is 20.4. The van der Waals surface area contributed by atoms with Gasteiger partial charge in [-0.15, -0.1) is 0 Å². The highest BCUT2D eigenvalue weighted by Gasteiger charge is 2.16. The number of amides is 2. The van der Waals surface area contributed by atoms with Gasteiger partial charge in [0.2, 0.25) is 0 Å². The number of furan rings is 1. The topological polar surface area (TPSA) is 71.3 Å². The minimum atomic E-state index is -0.403. The van der Waals surface area contributed by atoms with Crippen molar-refractivity contribution in [1.29, 1.82) is 0 Å². The van der Waals surface area contributed by atoms with Gasteiger partial charge in [-0.25, -0.2) is 0 Å². The van der Waals surface area contributed by atoms with Crippen molar-refractivity contribution in [2.75, 3.05) is 0 Å². The molecule has 2 N–H and O–H groups in total. The maximum atomic E-state index is 12.6. The van der Waals surface area contributed by atoms with Gasteiger partial charge in [0.25, 0.3) is 11.8 Å². The Morgan fingerprint density at radius 1 is 0.966 bits per heavy atom. The largest absolute Gasteiger partial charge is 0.457 e. The number of nitrogens with one attached hydrogen (secondary N) is 2. The van der Waals surface area contributed by atoms with Gasteiger partial charge in [-0.05, 0) is 50.2 Å². The van der Waals surface area contributed by atoms with E-state index in [9.17, 15) is 9.59 Å². The van der Waals surface area contributed by atoms with E-state index in [1.807, 2.05) is 38.1 Å². The molecule has 6 heteroatoms. The zero-order valence-electron chi connectivity index (χ0n) is 16.1. The van der Waals surface area contributed by atoms with Crippen LogP contribution < -0.4 is 10.6 Å². The summed E-state index contributed by atoms with van der Waals surface area (Å²) in [5.74, 6) is 0.204. The zero-order valence-corrected chi connectivity index (χ0v) is 16.9. The van der Waals surface area contributed by atoms with Gasteiger partial charge in [0, 0.05) is 23.2 Å². The molecule has 2 amide bonds. The lowest BCUT2D eigenvalue weighted by Crippen LogP contribution is -2.38. The Bertz CT molecular complexity index is 1040. The highest BCUT2D eigenvalue weighted by Crippen LogP contribution is 2.29. The van der Waals surface area contributed by atoms with Crippen molar-refractivity contribution >= 4 is 29.5 Å². The van der Waals surface area contributed by atoms with Crippen molar-refractivity contribution in [1.82, 2.24) is 10.6 Å². The predicted octanol–water partition coefficient (Wildman–Crippen LogP) is 4.90. The molecule has 0 bridgehead atoms. The molecule has 0 fully saturated rings. The van der Waals surface area contributed by atoms with Gasteiger partial charge in [-0.1, -0.05) is 41.9 Å². The second-order valence-corrected chi connectivity index (χ2v) is 7.10. The molecule has 1 heterocycles. The molecule has 0 unspecified atom stereocenters. The van der Waals surface area contributed by atoms with Crippen LogP contribution in [0.5, 0.6) is 0 Å². The lowest BCUT2D eigenvalue weighted by atomic mass is 10.2. The van der Waals surface area contributed by atoms with E-state index < -0.39 is 5.91 Å². The van der Waals surface area contributed by atoms with Crippen LogP contribution in [0, 0.1) is 0 Å². The standard InChI is InChI=1S/C23H21ClN2O3/c1-15(2)25-23(28)20(26-22(27)16-8-4-3-5-9-16)14-17-12-13-21(29-17)18-10-6-7-11-19(18)24/h3-15H,1-2H3,(H,25,28)(H,26,27)/b20-14-. The van der Waals surface area contributed by atoms with Crippen molar-refractivity contribution in [3.63, 3.8) is 0 Å². The molecule has 0 aliphatic carbocycles. The normalized spacial score (nSPS) is 11.4. The Morgan fingerprint density at radius 2 is 1.66 bits per heavy atom. The number of hydrogen-bond acceptors (Lipinski definition) is 3. The monoisotopic (exact) mass is 408 g/mol. The van der Waals surface area contributed by atoms with Crippen LogP contribution in [-0.2, 0) is 4.79 Å². The van der Waals surface area contributed by atoms with Gasteiger partial charge in [0.15, 0.2) is 0 Å². The van der Waals surface area contributed by atoms with Crippen LogP contribution in [0.3, 0.4) is 0 Å². The molecule has 29 heavy (non-hydrogen) atoms. The quantitative estimate of drug-likeness (QED) is 0.570. The van der Waals surface area contributed by atoms with Crippen molar-refractivity contribution in [2.24, 2.45) is 0 Å². The van der Waals surface area contributed by atoms with Crippen LogP contribution >= 0.6 is 11.6 Å². The molecule has 0 atom stereocenters. The van der Waals surface area contributed by atoms with E-state index in [-0.39, 0.29) is 17.6 Å². The van der Waals surface area contributed by atoms with Crippen molar-refractivity contribution in [2.45, 2.75) is 19.9 Å². The second kappa shape index (κ2) is 9.26. The highest BCUT2D eigenvalue weighted by molar-refractivity contribution is 6.33. The molecule has 5 nitrogen and oxygen atoms in total. The number of benzene rings is 2. The van der Waals surface area contributed by atoms with E-state index in [1.54, 1.807) is 42.5 Å². The van der Waals surface area contributed by atoms with E-state index in [2.05, 4.69) is 10.6 Å². The summed E-state index contributed by atoms with van der Waals surface area (Å²) in [6.45, 7) is 3.69. The highest BCUT2D eigenvalue weighted by atomic mass is 35.5. The van der Waals surface area contributed by atoms with Gasteiger partial charge in [-0.2, -0.15) is 0 Å². The average molecular weight is 409 g/mol. The Labute approximate surface area is 174 Å². The molecular formula is C23H21ClN2O3. The van der Waals surface area contributed by atoms with Crippen LogP contribution in [0.25, 0.3) is 17.4 Å². The summed E-state index contributed by atoms with van der Waals surface area (Å²) in [6, 6.07) is 19.4. The molecule has 0 radical (unpaired) electrons. The predicted molar refractivity (Wildman–Crippen MR) is 114 cm³/mol. The lowest BCUT2D eigenvalue weighted by molar-refractivity contribution is -0.118. The molecule has 1 aromatic heterocycles. The smallest absolute Gasteiger partial charge is 0.268 e. The molecule has 148 valence electrons. The Morgan fingerprint density at radius 3 is 2.34 bits per heavy atom. The summed E-state index contributed by atoms with van der Waals surface area (Å²) in [5.41, 5.74) is 1.29. The van der Waals surface area contributed by atoms with Crippen LogP contribution in [0.4, 0.5) is 0 Å². The summed E-state index contributed by atoms with van der Waals surface area (Å²) >= 11 is 6.22. The van der Waals surface area contributed by atoms with Gasteiger partial charge in [0.1, 0.15) is 17.2 Å². The number of halogens is 1. The second-order valence-electron chi connectivity index (χ2n) is 6.69. The fourth-order valence-electron chi connectivity index (χ4n) is 2.66. The van der Waals surface area contributed by atoms with E-state index in [0.29, 0.717) is 22.1 Å². The maximum absolute atomic E-state index is 12.6. The van der Waals surface area contributed by atoms with E-state index >= 15 is 0 Å². The number of carbonyl (C=O) groups excluding carboxylic acids is 2. The summed E-state index contributed by atoms with van der Waals surface area (Å²) in [6.07, 6.45) is 1.50. The lowest BCUT2D eigenvalue weighted by Gasteiger charge is -2.12. The van der Waals surface area contributed by atoms with E-state index in [1.165, 1.54) is 6.08 Å². The fourth-order valence-corrected chi connectivity index (χ4v) is 2.89. The molecule has 0 aliphatic heterocycles. The van der Waals surface area contributed by atoms with Gasteiger partial charge < -0.3 is 15.1 Å². The average Bonchev–Trinajstić information content (AvgIpc) is 3.16.